The van der Waals surface area contributed by atoms with E-state index in [0.29, 0.717) is 19.4 Å². The van der Waals surface area contributed by atoms with E-state index in [2.05, 4.69) is 11.9 Å². The quantitative estimate of drug-likeness (QED) is 0.662. The molecule has 0 N–H and O–H groups in total. The van der Waals surface area contributed by atoms with Crippen molar-refractivity contribution in [3.8, 4) is 0 Å². The highest BCUT2D eigenvalue weighted by Crippen LogP contribution is 2.04. The maximum atomic E-state index is 11.5. The number of aryl methyl sites for hydroxylation is 1. The number of carbonyl (C=O) groups excluding carboxylic acids is 1. The van der Waals surface area contributed by atoms with Crippen LogP contribution in [0.1, 0.15) is 31.0 Å². The molecule has 0 aliphatic rings. The number of ether oxygens (including phenoxy) is 1. The number of ketones is 1. The molecule has 0 aliphatic carbocycles. The van der Waals surface area contributed by atoms with Gasteiger partial charge in [0.05, 0.1) is 0 Å². The van der Waals surface area contributed by atoms with Gasteiger partial charge in [-0.3, -0.25) is 9.78 Å². The van der Waals surface area contributed by atoms with Crippen molar-refractivity contribution in [3.63, 3.8) is 0 Å². The number of nitrogens with zero attached hydrogens (tertiary/aromatic N) is 1. The number of Topliss-reactive ketones (excluding diaryl/α,β-unsaturated/α-hetero) is 1. The molecule has 0 amide bonds. The fourth-order valence-electron chi connectivity index (χ4n) is 1.47. The van der Waals surface area contributed by atoms with Crippen molar-refractivity contribution in [2.45, 2.75) is 32.6 Å². The van der Waals surface area contributed by atoms with Crippen LogP contribution in [-0.2, 0) is 22.4 Å². The lowest BCUT2D eigenvalue weighted by atomic mass is 10.1. The lowest BCUT2D eigenvalue weighted by Crippen LogP contribution is -2.05. The number of hydrogen-bond donors (Lipinski definition) is 0. The molecule has 3 heteroatoms. The summed E-state index contributed by atoms with van der Waals surface area (Å²) in [5, 5.41) is 0. The lowest BCUT2D eigenvalue weighted by molar-refractivity contribution is -0.118. The number of hydrogen-bond acceptors (Lipinski definition) is 3. The lowest BCUT2D eigenvalue weighted by Gasteiger charge is -2.02. The molecule has 0 radical (unpaired) electrons. The SMILES string of the molecule is CCc1ccc(CC(=O)CCCOC)nc1. The summed E-state index contributed by atoms with van der Waals surface area (Å²) in [5.41, 5.74) is 2.06. The number of aromatic nitrogens is 1. The van der Waals surface area contributed by atoms with E-state index < -0.39 is 0 Å². The predicted molar refractivity (Wildman–Crippen MR) is 63.4 cm³/mol. The summed E-state index contributed by atoms with van der Waals surface area (Å²) < 4.78 is 4.90. The van der Waals surface area contributed by atoms with Gasteiger partial charge in [-0.25, -0.2) is 0 Å². The third-order valence-electron chi connectivity index (χ3n) is 2.48. The average molecular weight is 221 g/mol. The molecule has 0 aromatic carbocycles. The first-order valence-corrected chi connectivity index (χ1v) is 5.70. The molecule has 0 spiro atoms. The second-order valence-electron chi connectivity index (χ2n) is 3.82. The van der Waals surface area contributed by atoms with E-state index in [9.17, 15) is 4.79 Å². The average Bonchev–Trinajstić information content (AvgIpc) is 2.30. The Labute approximate surface area is 96.8 Å². The molecule has 1 aromatic heterocycles. The van der Waals surface area contributed by atoms with E-state index in [1.165, 1.54) is 5.56 Å². The second-order valence-corrected chi connectivity index (χ2v) is 3.82. The molecule has 0 aliphatic heterocycles. The van der Waals surface area contributed by atoms with Gasteiger partial charge in [0.2, 0.25) is 0 Å². The molecule has 0 bridgehead atoms. The van der Waals surface area contributed by atoms with Crippen molar-refractivity contribution in [2.75, 3.05) is 13.7 Å². The highest BCUT2D eigenvalue weighted by Gasteiger charge is 2.04. The van der Waals surface area contributed by atoms with Crippen LogP contribution in [0.2, 0.25) is 0 Å². The third-order valence-corrected chi connectivity index (χ3v) is 2.48. The molecular weight excluding hydrogens is 202 g/mol. The van der Waals surface area contributed by atoms with Crippen molar-refractivity contribution in [3.05, 3.63) is 29.6 Å². The summed E-state index contributed by atoms with van der Waals surface area (Å²) in [4.78, 5) is 15.8. The zero-order chi connectivity index (χ0) is 11.8. The molecule has 1 heterocycles. The van der Waals surface area contributed by atoms with E-state index in [-0.39, 0.29) is 5.78 Å². The maximum Gasteiger partial charge on any atom is 0.138 e. The van der Waals surface area contributed by atoms with E-state index in [1.54, 1.807) is 7.11 Å². The Bertz CT molecular complexity index is 319. The first kappa shape index (κ1) is 12.8. The molecule has 0 atom stereocenters. The van der Waals surface area contributed by atoms with Gasteiger partial charge >= 0.3 is 0 Å². The van der Waals surface area contributed by atoms with Crippen LogP contribution < -0.4 is 0 Å². The molecular formula is C13H19NO2. The van der Waals surface area contributed by atoms with Gasteiger partial charge in [-0.15, -0.1) is 0 Å². The topological polar surface area (TPSA) is 39.2 Å². The monoisotopic (exact) mass is 221 g/mol. The molecule has 0 saturated heterocycles. The Kier molecular flexibility index (Phi) is 5.72. The van der Waals surface area contributed by atoms with Gasteiger partial charge < -0.3 is 4.74 Å². The molecule has 16 heavy (non-hydrogen) atoms. The minimum atomic E-state index is 0.230. The van der Waals surface area contributed by atoms with Gasteiger partial charge in [-0.05, 0) is 24.5 Å². The summed E-state index contributed by atoms with van der Waals surface area (Å²) in [6, 6.07) is 3.97. The number of rotatable bonds is 7. The Morgan fingerprint density at radius 2 is 2.25 bits per heavy atom. The first-order chi connectivity index (χ1) is 7.76. The minimum Gasteiger partial charge on any atom is -0.385 e. The molecule has 0 unspecified atom stereocenters. The smallest absolute Gasteiger partial charge is 0.138 e. The van der Waals surface area contributed by atoms with Gasteiger partial charge in [0.25, 0.3) is 0 Å². The molecule has 0 fully saturated rings. The highest BCUT2D eigenvalue weighted by molar-refractivity contribution is 5.80. The van der Waals surface area contributed by atoms with Gasteiger partial charge in [-0.2, -0.15) is 0 Å². The van der Waals surface area contributed by atoms with Gasteiger partial charge in [0.15, 0.2) is 0 Å². The van der Waals surface area contributed by atoms with E-state index >= 15 is 0 Å². The van der Waals surface area contributed by atoms with Gasteiger partial charge in [-0.1, -0.05) is 13.0 Å². The third kappa shape index (κ3) is 4.53. The summed E-state index contributed by atoms with van der Waals surface area (Å²) in [7, 11) is 1.65. The Hall–Kier alpha value is -1.22. The molecule has 0 saturated carbocycles. The normalized spacial score (nSPS) is 10.4. The van der Waals surface area contributed by atoms with Crippen LogP contribution in [0.3, 0.4) is 0 Å². The minimum absolute atomic E-state index is 0.230. The molecule has 1 rings (SSSR count). The maximum absolute atomic E-state index is 11.5. The van der Waals surface area contributed by atoms with Crippen molar-refractivity contribution < 1.29 is 9.53 Å². The van der Waals surface area contributed by atoms with E-state index in [1.807, 2.05) is 18.3 Å². The summed E-state index contributed by atoms with van der Waals surface area (Å²) in [5.74, 6) is 0.230. The van der Waals surface area contributed by atoms with Crippen LogP contribution >= 0.6 is 0 Å². The Balaban J connectivity index is 2.37. The zero-order valence-corrected chi connectivity index (χ0v) is 10.0. The largest absolute Gasteiger partial charge is 0.385 e. The van der Waals surface area contributed by atoms with Crippen molar-refractivity contribution in [1.82, 2.24) is 4.98 Å². The van der Waals surface area contributed by atoms with Gasteiger partial charge in [0, 0.05) is 38.4 Å². The molecule has 3 nitrogen and oxygen atoms in total. The van der Waals surface area contributed by atoms with Crippen LogP contribution in [0.25, 0.3) is 0 Å². The first-order valence-electron chi connectivity index (χ1n) is 5.70. The second kappa shape index (κ2) is 7.12. The summed E-state index contributed by atoms with van der Waals surface area (Å²) in [6.07, 6.45) is 4.63. The van der Waals surface area contributed by atoms with E-state index in [0.717, 1.165) is 18.5 Å². The van der Waals surface area contributed by atoms with Crippen LogP contribution in [0.4, 0.5) is 0 Å². The van der Waals surface area contributed by atoms with Crippen LogP contribution in [0, 0.1) is 0 Å². The summed E-state index contributed by atoms with van der Waals surface area (Å²) in [6.45, 7) is 2.74. The van der Waals surface area contributed by atoms with Crippen LogP contribution in [0.5, 0.6) is 0 Å². The van der Waals surface area contributed by atoms with Crippen LogP contribution in [0.15, 0.2) is 18.3 Å². The highest BCUT2D eigenvalue weighted by atomic mass is 16.5. The van der Waals surface area contributed by atoms with Gasteiger partial charge in [0.1, 0.15) is 5.78 Å². The van der Waals surface area contributed by atoms with Crippen molar-refractivity contribution >= 4 is 5.78 Å². The number of carbonyl (C=O) groups is 1. The van der Waals surface area contributed by atoms with Crippen LogP contribution in [-0.4, -0.2) is 24.5 Å². The van der Waals surface area contributed by atoms with Crippen molar-refractivity contribution in [1.29, 1.82) is 0 Å². The number of methoxy groups -OCH3 is 1. The fourth-order valence-corrected chi connectivity index (χ4v) is 1.47. The molecule has 1 aromatic rings. The zero-order valence-electron chi connectivity index (χ0n) is 10.0. The standard InChI is InChI=1S/C13H19NO2/c1-3-11-6-7-12(14-10-11)9-13(15)5-4-8-16-2/h6-7,10H,3-5,8-9H2,1-2H3. The summed E-state index contributed by atoms with van der Waals surface area (Å²) >= 11 is 0. The number of pyridine rings is 1. The Morgan fingerprint density at radius 1 is 1.44 bits per heavy atom. The molecule has 88 valence electrons. The van der Waals surface area contributed by atoms with E-state index in [4.69, 9.17) is 4.74 Å². The fraction of sp³-hybridized carbons (Fsp3) is 0.538. The van der Waals surface area contributed by atoms with Crippen molar-refractivity contribution in [2.24, 2.45) is 0 Å². The predicted octanol–water partition coefficient (Wildman–Crippen LogP) is 2.18. The Morgan fingerprint density at radius 3 is 2.81 bits per heavy atom.